The first-order chi connectivity index (χ1) is 15.4. The Morgan fingerprint density at radius 1 is 0.818 bits per heavy atom. The van der Waals surface area contributed by atoms with Gasteiger partial charge in [-0.3, -0.25) is 0 Å². The zero-order valence-corrected chi connectivity index (χ0v) is 19.6. The summed E-state index contributed by atoms with van der Waals surface area (Å²) in [7, 11) is -8.48. The van der Waals surface area contributed by atoms with Crippen LogP contribution in [0.3, 0.4) is 0 Å². The Labute approximate surface area is 195 Å². The molecule has 3 aromatic rings. The van der Waals surface area contributed by atoms with Crippen LogP contribution in [0, 0.1) is 24.4 Å². The van der Waals surface area contributed by atoms with Gasteiger partial charge >= 0.3 is 0 Å². The van der Waals surface area contributed by atoms with Crippen LogP contribution in [0.2, 0.25) is 5.02 Å². The van der Waals surface area contributed by atoms with Gasteiger partial charge in [0.2, 0.25) is 10.0 Å². The highest BCUT2D eigenvalue weighted by atomic mass is 35.5. The molecule has 0 amide bonds. The topological polar surface area (TPSA) is 80.3 Å². The van der Waals surface area contributed by atoms with Crippen molar-refractivity contribution in [3.8, 4) is 0 Å². The fourth-order valence-corrected chi connectivity index (χ4v) is 6.18. The lowest BCUT2D eigenvalue weighted by Crippen LogP contribution is -2.28. The highest BCUT2D eigenvalue weighted by Crippen LogP contribution is 2.36. The fourth-order valence-electron chi connectivity index (χ4n) is 3.21. The molecule has 0 bridgehead atoms. The van der Waals surface area contributed by atoms with E-state index in [2.05, 4.69) is 4.72 Å². The average Bonchev–Trinajstić information content (AvgIpc) is 2.76. The summed E-state index contributed by atoms with van der Waals surface area (Å²) >= 11 is 5.79. The van der Waals surface area contributed by atoms with E-state index in [0.29, 0.717) is 12.1 Å². The van der Waals surface area contributed by atoms with E-state index >= 15 is 0 Å². The fraction of sp³-hybridized carbons (Fsp3) is 0.182. The number of hydrogen-bond acceptors (Lipinski definition) is 4. The predicted molar refractivity (Wildman–Crippen MR) is 119 cm³/mol. The second kappa shape index (κ2) is 9.84. The zero-order valence-electron chi connectivity index (χ0n) is 17.2. The van der Waals surface area contributed by atoms with E-state index in [4.69, 9.17) is 11.6 Å². The van der Waals surface area contributed by atoms with E-state index in [1.807, 2.05) is 0 Å². The molecule has 11 heteroatoms. The zero-order chi connectivity index (χ0) is 24.4. The van der Waals surface area contributed by atoms with Crippen LogP contribution in [0.5, 0.6) is 0 Å². The quantitative estimate of drug-likeness (QED) is 0.429. The Morgan fingerprint density at radius 2 is 1.36 bits per heavy atom. The minimum Gasteiger partial charge on any atom is -0.223 e. The second-order valence-electron chi connectivity index (χ2n) is 7.24. The van der Waals surface area contributed by atoms with E-state index < -0.39 is 61.1 Å². The largest absolute Gasteiger partial charge is 0.240 e. The Balaban J connectivity index is 1.97. The molecule has 33 heavy (non-hydrogen) atoms. The Kier molecular flexibility index (Phi) is 7.52. The van der Waals surface area contributed by atoms with E-state index in [0.717, 1.165) is 17.7 Å². The van der Waals surface area contributed by atoms with Crippen molar-refractivity contribution < 1.29 is 30.0 Å². The molecule has 5 nitrogen and oxygen atoms in total. The van der Waals surface area contributed by atoms with Gasteiger partial charge in [-0.15, -0.1) is 0 Å². The van der Waals surface area contributed by atoms with Crippen LogP contribution in [0.4, 0.5) is 13.2 Å². The van der Waals surface area contributed by atoms with Gasteiger partial charge in [-0.1, -0.05) is 29.3 Å². The van der Waals surface area contributed by atoms with Gasteiger partial charge in [-0.05, 0) is 61.9 Å². The Hall–Kier alpha value is -2.40. The first kappa shape index (κ1) is 25.2. The number of aryl methyl sites for hydroxylation is 1. The van der Waals surface area contributed by atoms with E-state index in [1.54, 1.807) is 19.1 Å². The maximum atomic E-state index is 14.5. The van der Waals surface area contributed by atoms with Gasteiger partial charge in [-0.25, -0.2) is 34.7 Å². The van der Waals surface area contributed by atoms with Crippen molar-refractivity contribution in [1.82, 2.24) is 4.72 Å². The SMILES string of the molecule is Cc1ccc(S(=O)(=O)NCCC(c2c(F)ccc(F)c2F)S(=O)(=O)c2ccc(Cl)cc2)cc1. The molecule has 1 atom stereocenters. The third-order valence-electron chi connectivity index (χ3n) is 4.95. The summed E-state index contributed by atoms with van der Waals surface area (Å²) in [4.78, 5) is -0.366. The second-order valence-corrected chi connectivity index (χ2v) is 11.6. The molecule has 1 unspecified atom stereocenters. The van der Waals surface area contributed by atoms with E-state index in [9.17, 15) is 30.0 Å². The molecule has 0 aromatic heterocycles. The molecule has 0 saturated heterocycles. The van der Waals surface area contributed by atoms with Crippen molar-refractivity contribution in [3.63, 3.8) is 0 Å². The standard InChI is InChI=1S/C22H19ClF3NO4S2/c1-14-2-6-17(7-3-14)33(30,31)27-13-12-20(21-18(24)10-11-19(25)22(21)26)32(28,29)16-8-4-15(23)5-9-16/h2-11,20,27H,12-13H2,1H3. The van der Waals surface area contributed by atoms with Crippen LogP contribution < -0.4 is 4.72 Å². The van der Waals surface area contributed by atoms with Gasteiger partial charge in [0, 0.05) is 17.1 Å². The van der Waals surface area contributed by atoms with Crippen LogP contribution in [-0.4, -0.2) is 23.4 Å². The summed E-state index contributed by atoms with van der Waals surface area (Å²) in [6, 6.07) is 11.9. The van der Waals surface area contributed by atoms with Crippen molar-refractivity contribution in [1.29, 1.82) is 0 Å². The molecule has 0 spiro atoms. The molecule has 3 aromatic carbocycles. The molecule has 176 valence electrons. The van der Waals surface area contributed by atoms with Crippen molar-refractivity contribution in [2.75, 3.05) is 6.54 Å². The average molecular weight is 518 g/mol. The van der Waals surface area contributed by atoms with Crippen LogP contribution in [0.25, 0.3) is 0 Å². The van der Waals surface area contributed by atoms with Gasteiger partial charge in [-0.2, -0.15) is 0 Å². The number of sulfonamides is 1. The lowest BCUT2D eigenvalue weighted by atomic mass is 10.1. The monoisotopic (exact) mass is 517 g/mol. The first-order valence-electron chi connectivity index (χ1n) is 9.62. The molecule has 0 fully saturated rings. The molecule has 0 aliphatic carbocycles. The van der Waals surface area contributed by atoms with Crippen LogP contribution in [0.15, 0.2) is 70.5 Å². The first-order valence-corrected chi connectivity index (χ1v) is 13.0. The summed E-state index contributed by atoms with van der Waals surface area (Å²) in [5.41, 5.74) is -0.167. The summed E-state index contributed by atoms with van der Waals surface area (Å²) in [6.07, 6.45) is -0.562. The lowest BCUT2D eigenvalue weighted by Gasteiger charge is -2.20. The maximum Gasteiger partial charge on any atom is 0.240 e. The molecule has 0 aliphatic rings. The van der Waals surface area contributed by atoms with E-state index in [-0.39, 0.29) is 14.8 Å². The normalized spacial score (nSPS) is 13.1. The van der Waals surface area contributed by atoms with Crippen molar-refractivity contribution in [3.05, 3.63) is 94.3 Å². The smallest absolute Gasteiger partial charge is 0.223 e. The van der Waals surface area contributed by atoms with Gasteiger partial charge in [0.15, 0.2) is 21.5 Å². The number of halogens is 4. The van der Waals surface area contributed by atoms with Crippen molar-refractivity contribution in [2.24, 2.45) is 0 Å². The highest BCUT2D eigenvalue weighted by molar-refractivity contribution is 7.91. The molecule has 3 rings (SSSR count). The molecule has 0 heterocycles. The summed E-state index contributed by atoms with van der Waals surface area (Å²) in [6.45, 7) is 1.29. The molecule has 0 aliphatic heterocycles. The summed E-state index contributed by atoms with van der Waals surface area (Å²) < 4.78 is 96.7. The molecule has 0 saturated carbocycles. The van der Waals surface area contributed by atoms with Gasteiger partial charge < -0.3 is 0 Å². The van der Waals surface area contributed by atoms with Gasteiger partial charge in [0.1, 0.15) is 5.82 Å². The lowest BCUT2D eigenvalue weighted by molar-refractivity contribution is 0.470. The Bertz CT molecular complexity index is 1360. The van der Waals surface area contributed by atoms with Gasteiger partial charge in [0.05, 0.1) is 15.0 Å². The molecule has 0 radical (unpaired) electrons. The minimum absolute atomic E-state index is 0.0617. The van der Waals surface area contributed by atoms with Gasteiger partial charge in [0.25, 0.3) is 0 Å². The third kappa shape index (κ3) is 5.57. The summed E-state index contributed by atoms with van der Waals surface area (Å²) in [5, 5.41) is -1.67. The summed E-state index contributed by atoms with van der Waals surface area (Å²) in [5.74, 6) is -4.35. The van der Waals surface area contributed by atoms with Crippen molar-refractivity contribution in [2.45, 2.75) is 28.4 Å². The predicted octanol–water partition coefficient (Wildman–Crippen LogP) is 4.95. The Morgan fingerprint density at radius 3 is 1.97 bits per heavy atom. The van der Waals surface area contributed by atoms with Crippen LogP contribution in [0.1, 0.15) is 22.8 Å². The number of benzene rings is 3. The minimum atomic E-state index is -4.46. The third-order valence-corrected chi connectivity index (χ3v) is 8.83. The number of sulfone groups is 1. The van der Waals surface area contributed by atoms with Crippen molar-refractivity contribution >= 4 is 31.5 Å². The molecular formula is C22H19ClF3NO4S2. The van der Waals surface area contributed by atoms with E-state index in [1.165, 1.54) is 24.3 Å². The van der Waals surface area contributed by atoms with Crippen LogP contribution in [-0.2, 0) is 19.9 Å². The van der Waals surface area contributed by atoms with Crippen LogP contribution >= 0.6 is 11.6 Å². The molecular weight excluding hydrogens is 499 g/mol. The maximum absolute atomic E-state index is 14.5. The number of hydrogen-bond donors (Lipinski definition) is 1. The number of nitrogens with one attached hydrogen (secondary N) is 1. The highest BCUT2D eigenvalue weighted by Gasteiger charge is 2.35. The molecule has 1 N–H and O–H groups in total. The number of rotatable bonds is 8.